The van der Waals surface area contributed by atoms with E-state index in [0.29, 0.717) is 11.5 Å². The molecule has 0 saturated carbocycles. The highest BCUT2D eigenvalue weighted by atomic mass is 16.5. The van der Waals surface area contributed by atoms with E-state index in [-0.39, 0.29) is 5.57 Å². The van der Waals surface area contributed by atoms with Crippen LogP contribution in [0, 0.1) is 11.3 Å². The fourth-order valence-corrected chi connectivity index (χ4v) is 1.37. The first-order valence-electron chi connectivity index (χ1n) is 5.36. The molecule has 0 amide bonds. The molecule has 5 nitrogen and oxygen atoms in total. The van der Waals surface area contributed by atoms with Gasteiger partial charge in [-0.3, -0.25) is 0 Å². The third-order valence-corrected chi connectivity index (χ3v) is 2.33. The number of allylic oxidation sites excluding steroid dienone is 2. The quantitative estimate of drug-likeness (QED) is 0.498. The maximum Gasteiger partial charge on any atom is 0.346 e. The summed E-state index contributed by atoms with van der Waals surface area (Å²) < 4.78 is 10.3. The zero-order valence-electron chi connectivity index (χ0n) is 10.6. The second-order valence-electron chi connectivity index (χ2n) is 3.46. The summed E-state index contributed by atoms with van der Waals surface area (Å²) in [4.78, 5) is 10.6. The van der Waals surface area contributed by atoms with Gasteiger partial charge in [0, 0.05) is 5.56 Å². The Morgan fingerprint density at radius 2 is 2.11 bits per heavy atom. The Hall–Kier alpha value is -2.74. The molecule has 1 rings (SSSR count). The number of benzene rings is 1. The summed E-state index contributed by atoms with van der Waals surface area (Å²) in [6, 6.07) is 6.83. The second-order valence-corrected chi connectivity index (χ2v) is 3.46. The van der Waals surface area contributed by atoms with Crippen LogP contribution in [-0.2, 0) is 4.79 Å². The lowest BCUT2D eigenvalue weighted by molar-refractivity contribution is -0.132. The van der Waals surface area contributed by atoms with Gasteiger partial charge < -0.3 is 14.6 Å². The second kappa shape index (κ2) is 6.87. The van der Waals surface area contributed by atoms with Crippen molar-refractivity contribution in [1.82, 2.24) is 0 Å². The number of carboxylic acid groups (broad SMARTS) is 1. The fraction of sp³-hybridized carbons (Fsp3) is 0.143. The van der Waals surface area contributed by atoms with Gasteiger partial charge in [0.15, 0.2) is 0 Å². The molecule has 0 bridgehead atoms. The zero-order valence-corrected chi connectivity index (χ0v) is 10.6. The van der Waals surface area contributed by atoms with Gasteiger partial charge in [0.2, 0.25) is 0 Å². The van der Waals surface area contributed by atoms with Gasteiger partial charge in [-0.1, -0.05) is 12.2 Å². The summed E-state index contributed by atoms with van der Waals surface area (Å²) in [5, 5.41) is 17.3. The molecular weight excluding hydrogens is 246 g/mol. The highest BCUT2D eigenvalue weighted by molar-refractivity contribution is 5.91. The van der Waals surface area contributed by atoms with Crippen LogP contribution < -0.4 is 9.47 Å². The minimum Gasteiger partial charge on any atom is -0.497 e. The highest BCUT2D eigenvalue weighted by Gasteiger charge is 2.04. The molecule has 0 unspecified atom stereocenters. The number of aliphatic carboxylic acids is 1. The monoisotopic (exact) mass is 259 g/mol. The average Bonchev–Trinajstić information content (AvgIpc) is 2.42. The van der Waals surface area contributed by atoms with Gasteiger partial charge in [-0.2, -0.15) is 5.26 Å². The van der Waals surface area contributed by atoms with Crippen LogP contribution in [0.15, 0.2) is 35.9 Å². The predicted octanol–water partition coefficient (Wildman–Crippen LogP) is 2.25. The van der Waals surface area contributed by atoms with Gasteiger partial charge in [0.1, 0.15) is 23.1 Å². The van der Waals surface area contributed by atoms with Crippen molar-refractivity contribution in [3.63, 3.8) is 0 Å². The van der Waals surface area contributed by atoms with Gasteiger partial charge >= 0.3 is 5.97 Å². The number of nitriles is 1. The van der Waals surface area contributed by atoms with Crippen LogP contribution in [0.3, 0.4) is 0 Å². The van der Waals surface area contributed by atoms with E-state index in [1.165, 1.54) is 19.3 Å². The van der Waals surface area contributed by atoms with Gasteiger partial charge in [-0.25, -0.2) is 4.79 Å². The molecule has 5 heteroatoms. The maximum atomic E-state index is 10.6. The van der Waals surface area contributed by atoms with E-state index in [2.05, 4.69) is 0 Å². The molecule has 0 aliphatic carbocycles. The normalized spacial score (nSPS) is 11.1. The van der Waals surface area contributed by atoms with E-state index in [1.54, 1.807) is 37.5 Å². The topological polar surface area (TPSA) is 79.5 Å². The van der Waals surface area contributed by atoms with Gasteiger partial charge in [-0.15, -0.1) is 0 Å². The van der Waals surface area contributed by atoms with Crippen molar-refractivity contribution in [2.75, 3.05) is 14.2 Å². The molecule has 0 aromatic heterocycles. The zero-order chi connectivity index (χ0) is 14.3. The molecule has 0 atom stereocenters. The highest BCUT2D eigenvalue weighted by Crippen LogP contribution is 2.25. The maximum absolute atomic E-state index is 10.6. The van der Waals surface area contributed by atoms with E-state index < -0.39 is 5.97 Å². The molecule has 0 heterocycles. The first-order chi connectivity index (χ1) is 9.12. The fourth-order valence-electron chi connectivity index (χ4n) is 1.37. The first kappa shape index (κ1) is 14.3. The van der Waals surface area contributed by atoms with Gasteiger partial charge in [0.05, 0.1) is 14.2 Å². The van der Waals surface area contributed by atoms with Crippen molar-refractivity contribution in [3.05, 3.63) is 41.5 Å². The van der Waals surface area contributed by atoms with Crippen LogP contribution in [0.5, 0.6) is 11.5 Å². The molecule has 98 valence electrons. The molecule has 1 N–H and O–H groups in total. The molecule has 0 fully saturated rings. The number of carboxylic acids is 1. The SMILES string of the molecule is COc1ccc(OC)c(/C=C/C=C(\C#N)C(=O)O)c1. The van der Waals surface area contributed by atoms with Crippen molar-refractivity contribution in [1.29, 1.82) is 5.26 Å². The van der Waals surface area contributed by atoms with Crippen molar-refractivity contribution in [3.8, 4) is 17.6 Å². The largest absolute Gasteiger partial charge is 0.497 e. The number of hydrogen-bond donors (Lipinski definition) is 1. The summed E-state index contributed by atoms with van der Waals surface area (Å²) in [5.41, 5.74) is 0.388. The summed E-state index contributed by atoms with van der Waals surface area (Å²) in [6.07, 6.45) is 4.34. The minimum atomic E-state index is -1.26. The smallest absolute Gasteiger partial charge is 0.346 e. The summed E-state index contributed by atoms with van der Waals surface area (Å²) in [7, 11) is 3.08. The molecule has 1 aromatic carbocycles. The summed E-state index contributed by atoms with van der Waals surface area (Å²) in [6.45, 7) is 0. The Balaban J connectivity index is 3.04. The van der Waals surface area contributed by atoms with Crippen LogP contribution in [-0.4, -0.2) is 25.3 Å². The van der Waals surface area contributed by atoms with Crippen LogP contribution in [0.4, 0.5) is 0 Å². The number of ether oxygens (including phenoxy) is 2. The van der Waals surface area contributed by atoms with Crippen LogP contribution >= 0.6 is 0 Å². The van der Waals surface area contributed by atoms with Crippen molar-refractivity contribution in [2.24, 2.45) is 0 Å². The van der Waals surface area contributed by atoms with E-state index in [9.17, 15) is 4.79 Å². The molecule has 0 saturated heterocycles. The molecule has 1 aromatic rings. The first-order valence-corrected chi connectivity index (χ1v) is 5.36. The average molecular weight is 259 g/mol. The number of hydrogen-bond acceptors (Lipinski definition) is 4. The Bertz CT molecular complexity index is 567. The molecule has 0 spiro atoms. The third kappa shape index (κ3) is 3.89. The number of nitrogens with zero attached hydrogens (tertiary/aromatic N) is 1. The van der Waals surface area contributed by atoms with Crippen molar-refractivity contribution >= 4 is 12.0 Å². The Morgan fingerprint density at radius 1 is 1.37 bits per heavy atom. The lowest BCUT2D eigenvalue weighted by atomic mass is 10.1. The molecule has 19 heavy (non-hydrogen) atoms. The Morgan fingerprint density at radius 3 is 2.63 bits per heavy atom. The minimum absolute atomic E-state index is 0.335. The number of carbonyl (C=O) groups is 1. The number of methoxy groups -OCH3 is 2. The predicted molar refractivity (Wildman–Crippen MR) is 69.9 cm³/mol. The molecular formula is C14H13NO4. The standard InChI is InChI=1S/C14H13NO4/c1-18-12-6-7-13(19-2)10(8-12)4-3-5-11(9-15)14(16)17/h3-8H,1-2H3,(H,16,17)/b4-3+,11-5+. The lowest BCUT2D eigenvalue weighted by Gasteiger charge is -2.06. The Labute approximate surface area is 111 Å². The lowest BCUT2D eigenvalue weighted by Crippen LogP contribution is -1.96. The molecule has 0 radical (unpaired) electrons. The third-order valence-electron chi connectivity index (χ3n) is 2.33. The van der Waals surface area contributed by atoms with Crippen LogP contribution in [0.1, 0.15) is 5.56 Å². The van der Waals surface area contributed by atoms with Crippen LogP contribution in [0.25, 0.3) is 6.08 Å². The van der Waals surface area contributed by atoms with Gasteiger partial charge in [0.25, 0.3) is 0 Å². The van der Waals surface area contributed by atoms with E-state index in [0.717, 1.165) is 5.56 Å². The van der Waals surface area contributed by atoms with E-state index in [1.807, 2.05) is 0 Å². The summed E-state index contributed by atoms with van der Waals surface area (Å²) >= 11 is 0. The Kier molecular flexibility index (Phi) is 5.17. The van der Waals surface area contributed by atoms with Gasteiger partial charge in [-0.05, 0) is 24.3 Å². The molecule has 0 aliphatic heterocycles. The van der Waals surface area contributed by atoms with Crippen molar-refractivity contribution in [2.45, 2.75) is 0 Å². The number of rotatable bonds is 5. The van der Waals surface area contributed by atoms with E-state index >= 15 is 0 Å². The van der Waals surface area contributed by atoms with Crippen molar-refractivity contribution < 1.29 is 19.4 Å². The van der Waals surface area contributed by atoms with Crippen LogP contribution in [0.2, 0.25) is 0 Å². The summed E-state index contributed by atoms with van der Waals surface area (Å²) in [5.74, 6) is 0.0206. The van der Waals surface area contributed by atoms with E-state index in [4.69, 9.17) is 19.8 Å². The molecule has 0 aliphatic rings.